The van der Waals surface area contributed by atoms with Crippen molar-refractivity contribution in [3.63, 3.8) is 0 Å². The average Bonchev–Trinajstić information content (AvgIpc) is 3.54. The third-order valence-corrected chi connectivity index (χ3v) is 5.64. The van der Waals surface area contributed by atoms with E-state index in [1.54, 1.807) is 35.2 Å². The molecule has 4 rings (SSSR count). The predicted octanol–water partition coefficient (Wildman–Crippen LogP) is 2.57. The van der Waals surface area contributed by atoms with Gasteiger partial charge in [0.05, 0.1) is 11.8 Å². The molecule has 152 valence electrons. The fourth-order valence-corrected chi connectivity index (χ4v) is 3.78. The van der Waals surface area contributed by atoms with E-state index < -0.39 is 0 Å². The molecule has 1 N–H and O–H groups in total. The highest BCUT2D eigenvalue weighted by molar-refractivity contribution is 5.92. The number of rotatable bonds is 5. The monoisotopic (exact) mass is 399 g/mol. The van der Waals surface area contributed by atoms with E-state index in [1.807, 2.05) is 0 Å². The van der Waals surface area contributed by atoms with Gasteiger partial charge >= 0.3 is 0 Å². The van der Waals surface area contributed by atoms with Gasteiger partial charge < -0.3 is 15.1 Å². The maximum Gasteiger partial charge on any atom is 0.226 e. The Morgan fingerprint density at radius 1 is 0.931 bits per heavy atom. The third kappa shape index (κ3) is 4.39. The van der Waals surface area contributed by atoms with E-state index in [-0.39, 0.29) is 41.8 Å². The number of anilines is 1. The summed E-state index contributed by atoms with van der Waals surface area (Å²) in [7, 11) is 0. The van der Waals surface area contributed by atoms with Crippen LogP contribution in [0.4, 0.5) is 14.5 Å². The maximum absolute atomic E-state index is 13.6. The van der Waals surface area contributed by atoms with E-state index in [0.717, 1.165) is 5.69 Å². The second-order valence-electron chi connectivity index (χ2n) is 7.55. The first-order valence-electron chi connectivity index (χ1n) is 9.83. The predicted molar refractivity (Wildman–Crippen MR) is 105 cm³/mol. The topological polar surface area (TPSA) is 52.7 Å². The van der Waals surface area contributed by atoms with Crippen LogP contribution in [0.15, 0.2) is 48.5 Å². The second kappa shape index (κ2) is 8.19. The van der Waals surface area contributed by atoms with Crippen molar-refractivity contribution < 1.29 is 18.4 Å². The van der Waals surface area contributed by atoms with Crippen molar-refractivity contribution in [3.8, 4) is 0 Å². The summed E-state index contributed by atoms with van der Waals surface area (Å²) >= 11 is 0. The van der Waals surface area contributed by atoms with E-state index in [9.17, 15) is 18.4 Å². The van der Waals surface area contributed by atoms with Gasteiger partial charge in [0.2, 0.25) is 11.8 Å². The van der Waals surface area contributed by atoms with Gasteiger partial charge in [0.1, 0.15) is 11.6 Å². The van der Waals surface area contributed by atoms with Crippen molar-refractivity contribution in [2.24, 2.45) is 11.8 Å². The normalized spacial score (nSPS) is 21.0. The molecule has 2 amide bonds. The van der Waals surface area contributed by atoms with Crippen LogP contribution >= 0.6 is 0 Å². The van der Waals surface area contributed by atoms with Crippen molar-refractivity contribution in [2.75, 3.05) is 31.1 Å². The molecule has 1 saturated carbocycles. The average molecular weight is 399 g/mol. The minimum atomic E-state index is -0.352. The molecule has 7 heteroatoms. The molecule has 5 nitrogen and oxygen atoms in total. The molecule has 1 aliphatic heterocycles. The molecule has 2 fully saturated rings. The number of carbonyl (C=O) groups excluding carboxylic acids is 2. The SMILES string of the molecule is O=C(NCc1ccccc1F)C1CC1C(=O)N1CCN(c2ccc(F)cc2)CC1. The highest BCUT2D eigenvalue weighted by Gasteiger charge is 2.49. The number of nitrogens with one attached hydrogen (secondary N) is 1. The number of nitrogens with zero attached hydrogens (tertiary/aromatic N) is 2. The molecule has 0 radical (unpaired) electrons. The third-order valence-electron chi connectivity index (χ3n) is 5.64. The summed E-state index contributed by atoms with van der Waals surface area (Å²) in [6.07, 6.45) is 0.542. The fourth-order valence-electron chi connectivity index (χ4n) is 3.78. The smallest absolute Gasteiger partial charge is 0.226 e. The molecule has 2 aromatic carbocycles. The molecule has 1 saturated heterocycles. The molecule has 0 aromatic heterocycles. The summed E-state index contributed by atoms with van der Waals surface area (Å²) in [4.78, 5) is 28.9. The number of hydrogen-bond donors (Lipinski definition) is 1. The Morgan fingerprint density at radius 3 is 2.31 bits per heavy atom. The molecule has 1 aliphatic carbocycles. The van der Waals surface area contributed by atoms with Crippen LogP contribution < -0.4 is 10.2 Å². The van der Waals surface area contributed by atoms with Gasteiger partial charge in [-0.2, -0.15) is 0 Å². The van der Waals surface area contributed by atoms with E-state index in [0.29, 0.717) is 38.2 Å². The minimum absolute atomic E-state index is 0.00907. The number of carbonyl (C=O) groups is 2. The van der Waals surface area contributed by atoms with Crippen molar-refractivity contribution in [2.45, 2.75) is 13.0 Å². The number of piperazine rings is 1. The first kappa shape index (κ1) is 19.4. The van der Waals surface area contributed by atoms with Crippen LogP contribution in [0.25, 0.3) is 0 Å². The van der Waals surface area contributed by atoms with Crippen molar-refractivity contribution in [3.05, 3.63) is 65.7 Å². The first-order valence-corrected chi connectivity index (χ1v) is 9.83. The zero-order valence-electron chi connectivity index (χ0n) is 16.0. The van der Waals surface area contributed by atoms with Crippen LogP contribution in [0, 0.1) is 23.5 Å². The Morgan fingerprint density at radius 2 is 1.62 bits per heavy atom. The van der Waals surface area contributed by atoms with Crippen LogP contribution in [0.2, 0.25) is 0 Å². The highest BCUT2D eigenvalue weighted by atomic mass is 19.1. The Hall–Kier alpha value is -2.96. The zero-order valence-corrected chi connectivity index (χ0v) is 16.0. The van der Waals surface area contributed by atoms with Gasteiger partial charge in [-0.1, -0.05) is 18.2 Å². The van der Waals surface area contributed by atoms with Gasteiger partial charge in [0, 0.05) is 44.0 Å². The number of hydrogen-bond acceptors (Lipinski definition) is 3. The standard InChI is InChI=1S/C22H23F2N3O2/c23-16-5-7-17(8-6-16)26-9-11-27(12-10-26)22(29)19-13-18(19)21(28)25-14-15-3-1-2-4-20(15)24/h1-8,18-19H,9-14H2,(H,25,28). The van der Waals surface area contributed by atoms with Gasteiger partial charge in [-0.25, -0.2) is 8.78 Å². The Balaban J connectivity index is 1.24. The molecule has 1 heterocycles. The van der Waals surface area contributed by atoms with Gasteiger partial charge in [0.25, 0.3) is 0 Å². The number of benzene rings is 2. The van der Waals surface area contributed by atoms with Gasteiger partial charge in [0.15, 0.2) is 0 Å². The van der Waals surface area contributed by atoms with Crippen LogP contribution in [-0.4, -0.2) is 42.9 Å². The maximum atomic E-state index is 13.6. The van der Waals surface area contributed by atoms with Crippen molar-refractivity contribution in [1.29, 1.82) is 0 Å². The van der Waals surface area contributed by atoms with Crippen molar-refractivity contribution in [1.82, 2.24) is 10.2 Å². The van der Waals surface area contributed by atoms with Crippen molar-refractivity contribution >= 4 is 17.5 Å². The lowest BCUT2D eigenvalue weighted by Crippen LogP contribution is -2.49. The number of halogens is 2. The first-order chi connectivity index (χ1) is 14.0. The summed E-state index contributed by atoms with van der Waals surface area (Å²) in [6, 6.07) is 12.7. The molecule has 0 bridgehead atoms. The minimum Gasteiger partial charge on any atom is -0.368 e. The summed E-state index contributed by atoms with van der Waals surface area (Å²) in [5, 5.41) is 2.73. The summed E-state index contributed by atoms with van der Waals surface area (Å²) < 4.78 is 26.7. The Bertz CT molecular complexity index is 895. The van der Waals surface area contributed by atoms with E-state index >= 15 is 0 Å². The van der Waals surface area contributed by atoms with Gasteiger partial charge in [-0.3, -0.25) is 9.59 Å². The molecule has 2 atom stereocenters. The summed E-state index contributed by atoms with van der Waals surface area (Å²) in [5.41, 5.74) is 1.37. The molecular formula is C22H23F2N3O2. The van der Waals surface area contributed by atoms with Gasteiger partial charge in [-0.15, -0.1) is 0 Å². The quantitative estimate of drug-likeness (QED) is 0.841. The van der Waals surface area contributed by atoms with Crippen LogP contribution in [0.3, 0.4) is 0 Å². The molecule has 2 aliphatic rings. The molecule has 0 spiro atoms. The van der Waals surface area contributed by atoms with E-state index in [2.05, 4.69) is 10.2 Å². The van der Waals surface area contributed by atoms with E-state index in [4.69, 9.17) is 0 Å². The zero-order chi connectivity index (χ0) is 20.4. The van der Waals surface area contributed by atoms with E-state index in [1.165, 1.54) is 18.2 Å². The molecular weight excluding hydrogens is 376 g/mol. The highest BCUT2D eigenvalue weighted by Crippen LogP contribution is 2.40. The van der Waals surface area contributed by atoms with Gasteiger partial charge in [-0.05, 0) is 36.8 Å². The largest absolute Gasteiger partial charge is 0.368 e. The molecule has 29 heavy (non-hydrogen) atoms. The molecule has 2 unspecified atom stereocenters. The summed E-state index contributed by atoms with van der Waals surface area (Å²) in [5.74, 6) is -1.42. The second-order valence-corrected chi connectivity index (χ2v) is 7.55. The summed E-state index contributed by atoms with van der Waals surface area (Å²) in [6.45, 7) is 2.63. The van der Waals surface area contributed by atoms with Crippen LogP contribution in [-0.2, 0) is 16.1 Å². The Kier molecular flexibility index (Phi) is 5.47. The lowest BCUT2D eigenvalue weighted by atomic mass is 10.2. The number of amides is 2. The van der Waals surface area contributed by atoms with Crippen LogP contribution in [0.1, 0.15) is 12.0 Å². The lowest BCUT2D eigenvalue weighted by Gasteiger charge is -2.36. The van der Waals surface area contributed by atoms with Crippen LogP contribution in [0.5, 0.6) is 0 Å². The molecule has 2 aromatic rings. The fraction of sp³-hybridized carbons (Fsp3) is 0.364. The lowest BCUT2D eigenvalue weighted by molar-refractivity contribution is -0.135. The Labute approximate surface area is 168 Å².